The molecule has 1 aromatic rings. The van der Waals surface area contributed by atoms with E-state index in [2.05, 4.69) is 5.16 Å². The predicted octanol–water partition coefficient (Wildman–Crippen LogP) is 1.81. The zero-order valence-electron chi connectivity index (χ0n) is 11.6. The summed E-state index contributed by atoms with van der Waals surface area (Å²) in [6, 6.07) is 5.92. The molecule has 0 bridgehead atoms. The van der Waals surface area contributed by atoms with Crippen molar-refractivity contribution in [2.24, 2.45) is 5.16 Å². The number of benzene rings is 1. The van der Waals surface area contributed by atoms with Gasteiger partial charge in [-0.2, -0.15) is 0 Å². The molecule has 1 aromatic carbocycles. The standard InChI is InChI=1S/C13H13F2N3O4/c1-17(7-12(14)15)13(19)11-6-9(16-22-11)8-4-2-3-5-10(8)18(20)21/h2-5,11-12H,6-7H2,1H3/t11-/m0/s1. The average molecular weight is 313 g/mol. The van der Waals surface area contributed by atoms with Crippen LogP contribution in [0, 0.1) is 10.1 Å². The first-order chi connectivity index (χ1) is 10.4. The summed E-state index contributed by atoms with van der Waals surface area (Å²) in [7, 11) is 1.24. The number of para-hydroxylation sites is 1. The van der Waals surface area contributed by atoms with Gasteiger partial charge in [-0.3, -0.25) is 14.9 Å². The molecule has 0 aliphatic carbocycles. The highest BCUT2D eigenvalue weighted by molar-refractivity contribution is 6.06. The summed E-state index contributed by atoms with van der Waals surface area (Å²) >= 11 is 0. The molecule has 0 unspecified atom stereocenters. The molecule has 0 radical (unpaired) electrons. The first-order valence-electron chi connectivity index (χ1n) is 6.39. The van der Waals surface area contributed by atoms with Crippen LogP contribution in [-0.2, 0) is 9.63 Å². The molecule has 1 amide bonds. The van der Waals surface area contributed by atoms with Gasteiger partial charge in [0, 0.05) is 19.5 Å². The van der Waals surface area contributed by atoms with E-state index in [0.29, 0.717) is 0 Å². The number of oxime groups is 1. The Balaban J connectivity index is 2.10. The van der Waals surface area contributed by atoms with E-state index >= 15 is 0 Å². The molecule has 1 aliphatic heterocycles. The minimum atomic E-state index is -2.65. The summed E-state index contributed by atoms with van der Waals surface area (Å²) in [5.74, 6) is -0.641. The lowest BCUT2D eigenvalue weighted by atomic mass is 10.0. The summed E-state index contributed by atoms with van der Waals surface area (Å²) in [6.45, 7) is -0.709. The van der Waals surface area contributed by atoms with Crippen molar-refractivity contribution < 1.29 is 23.3 Å². The average Bonchev–Trinajstić information content (AvgIpc) is 2.95. The van der Waals surface area contributed by atoms with Crippen LogP contribution >= 0.6 is 0 Å². The third-order valence-corrected chi connectivity index (χ3v) is 3.14. The molecule has 1 aliphatic rings. The lowest BCUT2D eigenvalue weighted by molar-refractivity contribution is -0.385. The van der Waals surface area contributed by atoms with Crippen LogP contribution in [0.25, 0.3) is 0 Å². The second-order valence-corrected chi connectivity index (χ2v) is 4.72. The Hall–Kier alpha value is -2.58. The van der Waals surface area contributed by atoms with Crippen molar-refractivity contribution in [3.05, 3.63) is 39.9 Å². The fourth-order valence-corrected chi connectivity index (χ4v) is 2.09. The maximum atomic E-state index is 12.3. The van der Waals surface area contributed by atoms with Gasteiger partial charge < -0.3 is 9.74 Å². The molecule has 22 heavy (non-hydrogen) atoms. The largest absolute Gasteiger partial charge is 0.382 e. The van der Waals surface area contributed by atoms with Crippen LogP contribution in [-0.4, -0.2) is 47.6 Å². The Bertz CT molecular complexity index is 621. The molecule has 118 valence electrons. The zero-order chi connectivity index (χ0) is 16.3. The first kappa shape index (κ1) is 15.8. The fourth-order valence-electron chi connectivity index (χ4n) is 2.09. The normalized spacial score (nSPS) is 17.1. The summed E-state index contributed by atoms with van der Waals surface area (Å²) in [5, 5.41) is 14.7. The fraction of sp³-hybridized carbons (Fsp3) is 0.385. The van der Waals surface area contributed by atoms with Gasteiger partial charge in [0.2, 0.25) is 6.10 Å². The van der Waals surface area contributed by atoms with E-state index in [1.54, 1.807) is 6.07 Å². The number of nitrogens with zero attached hydrogens (tertiary/aromatic N) is 3. The van der Waals surface area contributed by atoms with Gasteiger partial charge >= 0.3 is 0 Å². The number of amides is 1. The maximum absolute atomic E-state index is 12.3. The van der Waals surface area contributed by atoms with Gasteiger partial charge in [0.05, 0.1) is 22.7 Å². The molecule has 0 saturated heterocycles. The SMILES string of the molecule is CN(CC(F)F)C(=O)[C@@H]1CC(c2ccccc2[N+](=O)[O-])=NO1. The van der Waals surface area contributed by atoms with Crippen LogP contribution in [0.5, 0.6) is 0 Å². The van der Waals surface area contributed by atoms with E-state index in [0.717, 1.165) is 4.90 Å². The predicted molar refractivity (Wildman–Crippen MR) is 72.8 cm³/mol. The summed E-state index contributed by atoms with van der Waals surface area (Å²) < 4.78 is 24.6. The molecule has 0 saturated carbocycles. The van der Waals surface area contributed by atoms with E-state index in [4.69, 9.17) is 4.84 Å². The molecular formula is C13H13F2N3O4. The number of nitro groups is 1. The third kappa shape index (κ3) is 3.35. The Morgan fingerprint density at radius 1 is 1.55 bits per heavy atom. The van der Waals surface area contributed by atoms with Gasteiger partial charge in [0.1, 0.15) is 0 Å². The van der Waals surface area contributed by atoms with Gasteiger partial charge in [0.25, 0.3) is 18.0 Å². The van der Waals surface area contributed by atoms with Gasteiger partial charge in [-0.1, -0.05) is 17.3 Å². The summed E-state index contributed by atoms with van der Waals surface area (Å²) in [5.41, 5.74) is 0.342. The van der Waals surface area contributed by atoms with Crippen molar-refractivity contribution in [1.82, 2.24) is 4.90 Å². The number of nitro benzene ring substituents is 1. The minimum Gasteiger partial charge on any atom is -0.382 e. The van der Waals surface area contributed by atoms with Gasteiger partial charge in [-0.05, 0) is 6.07 Å². The van der Waals surface area contributed by atoms with E-state index in [-0.39, 0.29) is 23.4 Å². The second kappa shape index (κ2) is 6.46. The van der Waals surface area contributed by atoms with Crippen LogP contribution in [0.3, 0.4) is 0 Å². The highest BCUT2D eigenvalue weighted by Gasteiger charge is 2.34. The van der Waals surface area contributed by atoms with Crippen LogP contribution in [0.15, 0.2) is 29.4 Å². The smallest absolute Gasteiger partial charge is 0.278 e. The number of likely N-dealkylation sites (N-methyl/N-ethyl adjacent to an activating group) is 1. The van der Waals surface area contributed by atoms with Crippen molar-refractivity contribution in [3.63, 3.8) is 0 Å². The number of alkyl halides is 2. The highest BCUT2D eigenvalue weighted by atomic mass is 19.3. The number of carbonyl (C=O) groups excluding carboxylic acids is 1. The number of hydrogen-bond acceptors (Lipinski definition) is 5. The van der Waals surface area contributed by atoms with Crippen molar-refractivity contribution >= 4 is 17.3 Å². The van der Waals surface area contributed by atoms with Crippen LogP contribution in [0.1, 0.15) is 12.0 Å². The summed E-state index contributed by atoms with van der Waals surface area (Å²) in [6.07, 6.45) is -3.69. The molecule has 2 rings (SSSR count). The quantitative estimate of drug-likeness (QED) is 0.613. The third-order valence-electron chi connectivity index (χ3n) is 3.14. The van der Waals surface area contributed by atoms with Crippen LogP contribution in [0.2, 0.25) is 0 Å². The monoisotopic (exact) mass is 313 g/mol. The van der Waals surface area contributed by atoms with E-state index in [9.17, 15) is 23.7 Å². The number of carbonyl (C=O) groups is 1. The van der Waals surface area contributed by atoms with Gasteiger partial charge in [-0.15, -0.1) is 0 Å². The summed E-state index contributed by atoms with van der Waals surface area (Å²) in [4.78, 5) is 28.2. The molecule has 0 spiro atoms. The molecule has 9 heteroatoms. The molecule has 0 N–H and O–H groups in total. The second-order valence-electron chi connectivity index (χ2n) is 4.72. The molecule has 0 aromatic heterocycles. The molecule has 1 heterocycles. The Labute approximate surface area is 124 Å². The van der Waals surface area contributed by atoms with Crippen molar-refractivity contribution in [2.75, 3.05) is 13.6 Å². The number of rotatable bonds is 5. The lowest BCUT2D eigenvalue weighted by Crippen LogP contribution is -2.39. The number of halogens is 2. The maximum Gasteiger partial charge on any atom is 0.278 e. The molecule has 1 atom stereocenters. The van der Waals surface area contributed by atoms with Crippen molar-refractivity contribution in [3.8, 4) is 0 Å². The molecule has 7 nitrogen and oxygen atoms in total. The van der Waals surface area contributed by atoms with E-state index in [1.807, 2.05) is 0 Å². The molecular weight excluding hydrogens is 300 g/mol. The number of hydrogen-bond donors (Lipinski definition) is 0. The highest BCUT2D eigenvalue weighted by Crippen LogP contribution is 2.25. The lowest BCUT2D eigenvalue weighted by Gasteiger charge is -2.19. The van der Waals surface area contributed by atoms with Gasteiger partial charge in [-0.25, -0.2) is 8.78 Å². The Kier molecular flexibility index (Phi) is 4.64. The molecule has 0 fully saturated rings. The topological polar surface area (TPSA) is 85.0 Å². The first-order valence-corrected chi connectivity index (χ1v) is 6.39. The minimum absolute atomic E-state index is 0.00271. The Morgan fingerprint density at radius 3 is 2.86 bits per heavy atom. The van der Waals surface area contributed by atoms with Crippen molar-refractivity contribution in [2.45, 2.75) is 19.0 Å². The van der Waals surface area contributed by atoms with Gasteiger partial charge in [0.15, 0.2) is 0 Å². The van der Waals surface area contributed by atoms with Crippen molar-refractivity contribution in [1.29, 1.82) is 0 Å². The van der Waals surface area contributed by atoms with E-state index in [1.165, 1.54) is 25.2 Å². The van der Waals surface area contributed by atoms with Crippen LogP contribution in [0.4, 0.5) is 14.5 Å². The zero-order valence-corrected chi connectivity index (χ0v) is 11.6. The van der Waals surface area contributed by atoms with Crippen LogP contribution < -0.4 is 0 Å². The van der Waals surface area contributed by atoms with E-state index < -0.39 is 29.9 Å². The Morgan fingerprint density at radius 2 is 2.23 bits per heavy atom.